The van der Waals surface area contributed by atoms with Gasteiger partial charge in [-0.15, -0.1) is 0 Å². The molecule has 0 saturated carbocycles. The van der Waals surface area contributed by atoms with Crippen LogP contribution in [0.4, 0.5) is 0 Å². The Bertz CT molecular complexity index is 992. The summed E-state index contributed by atoms with van der Waals surface area (Å²) in [6.45, 7) is 23.2. The molecule has 0 heterocycles. The van der Waals surface area contributed by atoms with Gasteiger partial charge in [0, 0.05) is 13.1 Å². The van der Waals surface area contributed by atoms with Gasteiger partial charge in [0.2, 0.25) is 0 Å². The second kappa shape index (κ2) is 75.2. The van der Waals surface area contributed by atoms with Crippen LogP contribution in [0, 0.1) is 0 Å². The van der Waals surface area contributed by atoms with Crippen molar-refractivity contribution in [3.63, 3.8) is 0 Å². The Morgan fingerprint density at radius 2 is 0.329 bits per heavy atom. The zero-order valence-electron chi connectivity index (χ0n) is 50.0. The highest BCUT2D eigenvalue weighted by Crippen LogP contribution is 2.14. The third kappa shape index (κ3) is 73.2. The molecule has 0 aliphatic carbocycles. The molecule has 79 heavy (non-hydrogen) atoms. The van der Waals surface area contributed by atoms with Gasteiger partial charge in [-0.3, -0.25) is 4.90 Å². The zero-order chi connectivity index (χ0) is 56.6. The van der Waals surface area contributed by atoms with E-state index in [9.17, 15) is 0 Å². The van der Waals surface area contributed by atoms with Crippen molar-refractivity contribution in [2.75, 3.05) is 271 Å². The minimum Gasteiger partial charge on any atom is -0.394 e. The molecule has 0 unspecified atom stereocenters. The Balaban J connectivity index is 3.90. The van der Waals surface area contributed by atoms with Gasteiger partial charge in [-0.1, -0.05) is 103 Å². The van der Waals surface area contributed by atoms with E-state index in [4.69, 9.17) is 95.5 Å². The van der Waals surface area contributed by atoms with Crippen molar-refractivity contribution in [3.8, 4) is 0 Å². The summed E-state index contributed by atoms with van der Waals surface area (Å²) in [5.41, 5.74) is 0. The lowest BCUT2D eigenvalue weighted by atomic mass is 10.0. The van der Waals surface area contributed by atoms with Crippen molar-refractivity contribution < 1.29 is 95.5 Å². The van der Waals surface area contributed by atoms with Crippen LogP contribution in [0.3, 0.4) is 0 Å². The molecule has 2 N–H and O–H groups in total. The number of hydrogen-bond donors (Lipinski definition) is 2. The van der Waals surface area contributed by atoms with Crippen molar-refractivity contribution in [2.24, 2.45) is 0 Å². The first-order chi connectivity index (χ1) is 39.3. The van der Waals surface area contributed by atoms with Crippen molar-refractivity contribution in [2.45, 2.75) is 110 Å². The molecule has 0 saturated heterocycles. The molecule has 0 aromatic rings. The van der Waals surface area contributed by atoms with Gasteiger partial charge in [-0.2, -0.15) is 0 Å². The second-order valence-electron chi connectivity index (χ2n) is 18.6. The van der Waals surface area contributed by atoms with Crippen LogP contribution >= 0.6 is 0 Å². The molecule has 0 aliphatic heterocycles. The van der Waals surface area contributed by atoms with Gasteiger partial charge in [0.25, 0.3) is 0 Å². The SMILES string of the molecule is CCCCCCCCCCCCCCCCCCN(CCOCCOCCOCCOCCOCCOCCOCCOCCOCCO)CCOCCOCCOCCOCCOCCOCCOCCOCCOCCO. The normalized spacial score (nSPS) is 11.8. The van der Waals surface area contributed by atoms with E-state index in [1.54, 1.807) is 0 Å². The maximum Gasteiger partial charge on any atom is 0.0701 e. The molecule has 0 bridgehead atoms. The molecule has 0 rings (SSSR count). The average Bonchev–Trinajstić information content (AvgIpc) is 3.46. The van der Waals surface area contributed by atoms with Gasteiger partial charge < -0.3 is 95.5 Å². The Hall–Kier alpha value is -0.840. The molecule has 0 aromatic heterocycles. The fraction of sp³-hybridized carbons (Fsp3) is 1.00. The summed E-state index contributed by atoms with van der Waals surface area (Å²) in [7, 11) is 0. The van der Waals surface area contributed by atoms with Crippen LogP contribution in [0.5, 0.6) is 0 Å². The largest absolute Gasteiger partial charge is 0.394 e. The highest BCUT2D eigenvalue weighted by Gasteiger charge is 2.07. The molecule has 0 fully saturated rings. The van der Waals surface area contributed by atoms with Crippen molar-refractivity contribution in [1.29, 1.82) is 0 Å². The molecule has 0 atom stereocenters. The molecule has 21 heteroatoms. The number of aliphatic hydroxyl groups is 2. The van der Waals surface area contributed by atoms with E-state index in [2.05, 4.69) is 11.8 Å². The fourth-order valence-corrected chi connectivity index (χ4v) is 7.46. The molecule has 476 valence electrons. The maximum absolute atomic E-state index is 8.65. The first-order valence-electron chi connectivity index (χ1n) is 30.7. The molecule has 21 nitrogen and oxygen atoms in total. The van der Waals surface area contributed by atoms with Crippen LogP contribution in [0.15, 0.2) is 0 Å². The number of ether oxygens (including phenoxy) is 18. The molecule has 0 amide bonds. The Morgan fingerprint density at radius 3 is 0.506 bits per heavy atom. The van der Waals surface area contributed by atoms with Crippen LogP contribution in [0.25, 0.3) is 0 Å². The van der Waals surface area contributed by atoms with Crippen molar-refractivity contribution in [1.82, 2.24) is 4.90 Å². The van der Waals surface area contributed by atoms with E-state index in [0.29, 0.717) is 238 Å². The third-order valence-corrected chi connectivity index (χ3v) is 11.9. The highest BCUT2D eigenvalue weighted by molar-refractivity contribution is 4.59. The minimum absolute atomic E-state index is 0.0211. The number of unbranched alkanes of at least 4 members (excludes halogenated alkanes) is 15. The average molecular weight is 1150 g/mol. The molecule has 0 aliphatic rings. The van der Waals surface area contributed by atoms with Gasteiger partial charge in [0.15, 0.2) is 0 Å². The number of hydrogen-bond acceptors (Lipinski definition) is 21. The van der Waals surface area contributed by atoms with E-state index in [1.165, 1.54) is 103 Å². The summed E-state index contributed by atoms with van der Waals surface area (Å²) in [6.07, 6.45) is 21.9. The highest BCUT2D eigenvalue weighted by atomic mass is 16.6. The van der Waals surface area contributed by atoms with E-state index < -0.39 is 0 Å². The van der Waals surface area contributed by atoms with Gasteiger partial charge in [-0.05, 0) is 13.0 Å². The van der Waals surface area contributed by atoms with Crippen LogP contribution < -0.4 is 0 Å². The lowest BCUT2D eigenvalue weighted by Gasteiger charge is -2.22. The molecule has 0 aromatic carbocycles. The molecular weight excluding hydrogens is 1030 g/mol. The maximum atomic E-state index is 8.65. The van der Waals surface area contributed by atoms with Crippen LogP contribution in [-0.2, 0) is 85.3 Å². The van der Waals surface area contributed by atoms with Gasteiger partial charge in [0.05, 0.1) is 251 Å². The van der Waals surface area contributed by atoms with Crippen LogP contribution in [0.1, 0.15) is 110 Å². The van der Waals surface area contributed by atoms with Crippen molar-refractivity contribution >= 4 is 0 Å². The summed E-state index contributed by atoms with van der Waals surface area (Å²) in [4.78, 5) is 2.46. The minimum atomic E-state index is 0.0211. The Morgan fingerprint density at radius 1 is 0.177 bits per heavy atom. The van der Waals surface area contributed by atoms with E-state index in [0.717, 1.165) is 19.6 Å². The molecule has 0 spiro atoms. The second-order valence-corrected chi connectivity index (χ2v) is 18.6. The van der Waals surface area contributed by atoms with Gasteiger partial charge >= 0.3 is 0 Å². The van der Waals surface area contributed by atoms with Crippen LogP contribution in [-0.4, -0.2) is 286 Å². The lowest BCUT2D eigenvalue weighted by molar-refractivity contribution is -0.0265. The Labute approximate surface area is 479 Å². The van der Waals surface area contributed by atoms with Gasteiger partial charge in [-0.25, -0.2) is 0 Å². The number of aliphatic hydroxyl groups excluding tert-OH is 2. The predicted octanol–water partition coefficient (Wildman–Crippen LogP) is 5.83. The monoisotopic (exact) mass is 1150 g/mol. The van der Waals surface area contributed by atoms with E-state index in [1.807, 2.05) is 0 Å². The summed E-state index contributed by atoms with van der Waals surface area (Å²) < 4.78 is 99.7. The van der Waals surface area contributed by atoms with Gasteiger partial charge in [0.1, 0.15) is 0 Å². The van der Waals surface area contributed by atoms with Crippen molar-refractivity contribution in [3.05, 3.63) is 0 Å². The first-order valence-corrected chi connectivity index (χ1v) is 30.7. The number of nitrogens with zero attached hydrogens (tertiary/aromatic N) is 1. The van der Waals surface area contributed by atoms with E-state index >= 15 is 0 Å². The fourth-order valence-electron chi connectivity index (χ4n) is 7.46. The van der Waals surface area contributed by atoms with E-state index in [-0.39, 0.29) is 13.2 Å². The smallest absolute Gasteiger partial charge is 0.0701 e. The lowest BCUT2D eigenvalue weighted by Crippen LogP contribution is -2.32. The third-order valence-electron chi connectivity index (χ3n) is 11.9. The zero-order valence-corrected chi connectivity index (χ0v) is 50.0. The summed E-state index contributed by atoms with van der Waals surface area (Å²) in [5, 5.41) is 17.3. The molecule has 0 radical (unpaired) electrons. The van der Waals surface area contributed by atoms with Crippen LogP contribution in [0.2, 0.25) is 0 Å². The first kappa shape index (κ1) is 78.2. The standard InChI is InChI=1S/C58H119NO20/c1-2-3-4-5-6-7-8-9-10-11-12-13-14-15-16-17-18-59(19-23-62-27-31-66-35-39-70-43-47-74-51-55-78-57-53-76-49-45-72-41-37-68-33-29-64-25-21-60)20-24-63-28-32-67-36-40-71-44-48-75-52-56-79-58-54-77-50-46-73-42-38-69-34-30-65-26-22-61/h60-61H,2-58H2,1H3. The summed E-state index contributed by atoms with van der Waals surface area (Å²) in [5.74, 6) is 0. The molecular formula is C58H119NO20. The Kier molecular flexibility index (Phi) is 74.4. The number of rotatable bonds is 75. The summed E-state index contributed by atoms with van der Waals surface area (Å²) >= 11 is 0. The quantitative estimate of drug-likeness (QED) is 0.0686. The summed E-state index contributed by atoms with van der Waals surface area (Å²) in [6, 6.07) is 0. The predicted molar refractivity (Wildman–Crippen MR) is 305 cm³/mol. The topological polar surface area (TPSA) is 210 Å².